The number of anilines is 2. The molecule has 18 heavy (non-hydrogen) atoms. The van der Waals surface area contributed by atoms with Crippen molar-refractivity contribution in [1.82, 2.24) is 15.0 Å². The maximum absolute atomic E-state index is 4.27. The van der Waals surface area contributed by atoms with E-state index >= 15 is 0 Å². The second-order valence-corrected chi connectivity index (χ2v) is 4.11. The van der Waals surface area contributed by atoms with Crippen LogP contribution in [0.15, 0.2) is 49.1 Å². The molecule has 0 unspecified atom stereocenters. The molecule has 0 fully saturated rings. The van der Waals surface area contributed by atoms with Crippen molar-refractivity contribution in [3.63, 3.8) is 0 Å². The van der Waals surface area contributed by atoms with Crippen LogP contribution in [-0.4, -0.2) is 15.0 Å². The van der Waals surface area contributed by atoms with E-state index in [1.54, 1.807) is 18.7 Å². The van der Waals surface area contributed by atoms with E-state index in [2.05, 4.69) is 39.3 Å². The molecule has 1 aromatic carbocycles. The third-order valence-electron chi connectivity index (χ3n) is 2.72. The fourth-order valence-corrected chi connectivity index (χ4v) is 1.86. The highest BCUT2D eigenvalue weighted by Gasteiger charge is 2.03. The van der Waals surface area contributed by atoms with E-state index in [9.17, 15) is 0 Å². The number of aromatic nitrogens is 3. The third-order valence-corrected chi connectivity index (χ3v) is 2.72. The molecule has 3 aromatic rings. The van der Waals surface area contributed by atoms with Crippen molar-refractivity contribution in [3.8, 4) is 0 Å². The maximum Gasteiger partial charge on any atom is 0.143 e. The third kappa shape index (κ3) is 2.00. The molecule has 0 saturated carbocycles. The van der Waals surface area contributed by atoms with E-state index in [-0.39, 0.29) is 0 Å². The lowest BCUT2D eigenvalue weighted by molar-refractivity contribution is 1.20. The molecule has 3 rings (SSSR count). The molecule has 88 valence electrons. The average molecular weight is 236 g/mol. The van der Waals surface area contributed by atoms with E-state index in [0.29, 0.717) is 0 Å². The Bertz CT molecular complexity index is 689. The number of nitrogens with one attached hydrogen (secondary N) is 1. The van der Waals surface area contributed by atoms with Gasteiger partial charge >= 0.3 is 0 Å². The van der Waals surface area contributed by atoms with Gasteiger partial charge in [0.2, 0.25) is 0 Å². The van der Waals surface area contributed by atoms with Gasteiger partial charge in [-0.3, -0.25) is 4.98 Å². The second kappa shape index (κ2) is 4.41. The molecule has 0 spiro atoms. The van der Waals surface area contributed by atoms with Crippen LogP contribution in [0.5, 0.6) is 0 Å². The van der Waals surface area contributed by atoms with E-state index in [0.717, 1.165) is 22.4 Å². The summed E-state index contributed by atoms with van der Waals surface area (Å²) in [6.45, 7) is 2.06. The summed E-state index contributed by atoms with van der Waals surface area (Å²) in [5, 5.41) is 4.21. The summed E-state index contributed by atoms with van der Waals surface area (Å²) in [5.41, 5.74) is 3.10. The van der Waals surface area contributed by atoms with Gasteiger partial charge in [0.15, 0.2) is 0 Å². The molecule has 0 amide bonds. The summed E-state index contributed by atoms with van der Waals surface area (Å²) in [7, 11) is 0. The Morgan fingerprint density at radius 2 is 2.06 bits per heavy atom. The van der Waals surface area contributed by atoms with Gasteiger partial charge in [-0.05, 0) is 30.7 Å². The molecule has 0 radical (unpaired) electrons. The van der Waals surface area contributed by atoms with E-state index < -0.39 is 0 Å². The Labute approximate surface area is 105 Å². The number of aryl methyl sites for hydroxylation is 1. The van der Waals surface area contributed by atoms with Crippen molar-refractivity contribution in [2.24, 2.45) is 0 Å². The quantitative estimate of drug-likeness (QED) is 0.742. The Kier molecular flexibility index (Phi) is 2.61. The fourth-order valence-electron chi connectivity index (χ4n) is 1.86. The number of pyridine rings is 1. The zero-order chi connectivity index (χ0) is 12.4. The summed E-state index contributed by atoms with van der Waals surface area (Å²) in [4.78, 5) is 12.6. The highest BCUT2D eigenvalue weighted by molar-refractivity contribution is 5.89. The Balaban J connectivity index is 2.05. The molecule has 1 N–H and O–H groups in total. The molecule has 4 heteroatoms. The lowest BCUT2D eigenvalue weighted by Gasteiger charge is -2.08. The lowest BCUT2D eigenvalue weighted by atomic mass is 10.2. The second-order valence-electron chi connectivity index (χ2n) is 4.11. The number of fused-ring (bicyclic) bond motifs is 1. The van der Waals surface area contributed by atoms with Crippen LogP contribution in [0.3, 0.4) is 0 Å². The molecular formula is C14H12N4. The van der Waals surface area contributed by atoms with Gasteiger partial charge in [-0.15, -0.1) is 0 Å². The van der Waals surface area contributed by atoms with Crippen LogP contribution in [-0.2, 0) is 0 Å². The molecular weight excluding hydrogens is 224 g/mol. The summed E-state index contributed by atoms with van der Waals surface area (Å²) in [5.74, 6) is 0.777. The maximum atomic E-state index is 4.27. The van der Waals surface area contributed by atoms with Gasteiger partial charge in [0.25, 0.3) is 0 Å². The first-order chi connectivity index (χ1) is 8.83. The van der Waals surface area contributed by atoms with Gasteiger partial charge < -0.3 is 5.32 Å². The van der Waals surface area contributed by atoms with Crippen molar-refractivity contribution in [2.45, 2.75) is 6.92 Å². The van der Waals surface area contributed by atoms with Crippen molar-refractivity contribution < 1.29 is 0 Å². The van der Waals surface area contributed by atoms with Gasteiger partial charge in [0.05, 0.1) is 10.9 Å². The van der Waals surface area contributed by atoms with Gasteiger partial charge in [0.1, 0.15) is 12.1 Å². The smallest absolute Gasteiger partial charge is 0.143 e. The highest BCUT2D eigenvalue weighted by atomic mass is 15.0. The zero-order valence-electron chi connectivity index (χ0n) is 9.96. The van der Waals surface area contributed by atoms with Crippen LogP contribution in [0.2, 0.25) is 0 Å². The first kappa shape index (κ1) is 10.7. The van der Waals surface area contributed by atoms with Crippen LogP contribution in [0.1, 0.15) is 5.56 Å². The van der Waals surface area contributed by atoms with Crippen LogP contribution < -0.4 is 5.32 Å². The topological polar surface area (TPSA) is 50.7 Å². The molecule has 2 aromatic heterocycles. The number of rotatable bonds is 2. The SMILES string of the molecule is Cc1cccc(Nc2ncnc3ccncc23)c1. The van der Waals surface area contributed by atoms with Crippen molar-refractivity contribution in [3.05, 3.63) is 54.6 Å². The lowest BCUT2D eigenvalue weighted by Crippen LogP contribution is -1.96. The molecule has 0 bridgehead atoms. The number of benzene rings is 1. The molecule has 0 aliphatic rings. The number of nitrogens with zero attached hydrogens (tertiary/aromatic N) is 3. The average Bonchev–Trinajstić information content (AvgIpc) is 2.39. The monoisotopic (exact) mass is 236 g/mol. The molecule has 0 aliphatic carbocycles. The van der Waals surface area contributed by atoms with Crippen molar-refractivity contribution >= 4 is 22.4 Å². The van der Waals surface area contributed by atoms with E-state index in [4.69, 9.17) is 0 Å². The number of hydrogen-bond donors (Lipinski definition) is 1. The summed E-state index contributed by atoms with van der Waals surface area (Å²) in [6, 6.07) is 10.0. The van der Waals surface area contributed by atoms with E-state index in [1.165, 1.54) is 5.56 Å². The molecule has 0 aliphatic heterocycles. The van der Waals surface area contributed by atoms with Crippen LogP contribution in [0.25, 0.3) is 10.9 Å². The standard InChI is InChI=1S/C14H12N4/c1-10-3-2-4-11(7-10)18-14-12-8-15-6-5-13(12)16-9-17-14/h2-9H,1H3,(H,16,17,18). The molecule has 0 atom stereocenters. The summed E-state index contributed by atoms with van der Waals surface area (Å²) >= 11 is 0. The van der Waals surface area contributed by atoms with Crippen molar-refractivity contribution in [1.29, 1.82) is 0 Å². The Hall–Kier alpha value is -2.49. The van der Waals surface area contributed by atoms with Gasteiger partial charge in [-0.1, -0.05) is 12.1 Å². The fraction of sp³-hybridized carbons (Fsp3) is 0.0714. The van der Waals surface area contributed by atoms with Gasteiger partial charge in [-0.25, -0.2) is 9.97 Å². The largest absolute Gasteiger partial charge is 0.340 e. The minimum absolute atomic E-state index is 0.777. The van der Waals surface area contributed by atoms with E-state index in [1.807, 2.05) is 18.2 Å². The van der Waals surface area contributed by atoms with Crippen LogP contribution >= 0.6 is 0 Å². The van der Waals surface area contributed by atoms with Gasteiger partial charge in [-0.2, -0.15) is 0 Å². The zero-order valence-corrected chi connectivity index (χ0v) is 9.96. The predicted octanol–water partition coefficient (Wildman–Crippen LogP) is 3.08. The highest BCUT2D eigenvalue weighted by Crippen LogP contribution is 2.22. The normalized spacial score (nSPS) is 10.5. The van der Waals surface area contributed by atoms with Crippen molar-refractivity contribution in [2.75, 3.05) is 5.32 Å². The molecule has 0 saturated heterocycles. The Morgan fingerprint density at radius 1 is 1.11 bits per heavy atom. The van der Waals surface area contributed by atoms with Crippen LogP contribution in [0.4, 0.5) is 11.5 Å². The summed E-state index contributed by atoms with van der Waals surface area (Å²) in [6.07, 6.45) is 5.06. The summed E-state index contributed by atoms with van der Waals surface area (Å²) < 4.78 is 0. The first-order valence-corrected chi connectivity index (χ1v) is 5.71. The minimum atomic E-state index is 0.777. The number of hydrogen-bond acceptors (Lipinski definition) is 4. The Morgan fingerprint density at radius 3 is 2.94 bits per heavy atom. The van der Waals surface area contributed by atoms with Gasteiger partial charge in [0, 0.05) is 18.1 Å². The van der Waals surface area contributed by atoms with Crippen LogP contribution in [0, 0.1) is 6.92 Å². The first-order valence-electron chi connectivity index (χ1n) is 5.71. The minimum Gasteiger partial charge on any atom is -0.340 e. The predicted molar refractivity (Wildman–Crippen MR) is 71.8 cm³/mol. The molecule has 2 heterocycles. The molecule has 4 nitrogen and oxygen atoms in total.